The van der Waals surface area contributed by atoms with Gasteiger partial charge in [-0.1, -0.05) is 17.7 Å². The van der Waals surface area contributed by atoms with E-state index in [0.717, 1.165) is 16.7 Å². The number of rotatable bonds is 8. The number of piperidine rings is 1. The van der Waals surface area contributed by atoms with Crippen molar-refractivity contribution in [1.82, 2.24) is 9.80 Å². The first-order valence-electron chi connectivity index (χ1n) is 12.8. The Bertz CT molecular complexity index is 1080. The van der Waals surface area contributed by atoms with Crippen molar-refractivity contribution in [1.29, 1.82) is 0 Å². The zero-order valence-electron chi connectivity index (χ0n) is 21.8. The number of carbonyl (C=O) groups is 1. The van der Waals surface area contributed by atoms with E-state index < -0.39 is 5.60 Å². The first-order chi connectivity index (χ1) is 17.7. The maximum Gasteiger partial charge on any atom is 0.225 e. The molecule has 4 rings (SSSR count). The molecule has 9 heteroatoms. The van der Waals surface area contributed by atoms with E-state index in [1.807, 2.05) is 36.9 Å². The number of ether oxygens (including phenoxy) is 3. The number of aromatic hydroxyl groups is 1. The third-order valence-electron chi connectivity index (χ3n) is 7.18. The molecule has 0 spiro atoms. The number of aryl methyl sites for hydroxylation is 2. The Kier molecular flexibility index (Phi) is 8.85. The summed E-state index contributed by atoms with van der Waals surface area (Å²) in [5.41, 5.74) is 1.95. The maximum absolute atomic E-state index is 13.3. The number of phenols is 1. The van der Waals surface area contributed by atoms with Crippen LogP contribution in [0.5, 0.6) is 17.2 Å². The van der Waals surface area contributed by atoms with Crippen molar-refractivity contribution in [2.75, 3.05) is 46.5 Å². The van der Waals surface area contributed by atoms with Crippen LogP contribution in [0.2, 0.25) is 5.02 Å². The summed E-state index contributed by atoms with van der Waals surface area (Å²) < 4.78 is 17.7. The normalized spacial score (nSPS) is 21.2. The molecule has 2 fully saturated rings. The summed E-state index contributed by atoms with van der Waals surface area (Å²) in [6.45, 7) is 7.40. The molecule has 37 heavy (non-hydrogen) atoms. The fourth-order valence-electron chi connectivity index (χ4n) is 5.10. The second-order valence-electron chi connectivity index (χ2n) is 10.2. The molecule has 1 amide bonds. The van der Waals surface area contributed by atoms with Crippen LogP contribution in [-0.4, -0.2) is 84.1 Å². The number of hydrogen-bond donors (Lipinski definition) is 2. The highest BCUT2D eigenvalue weighted by Crippen LogP contribution is 2.31. The molecule has 2 aromatic carbocycles. The molecular weight excluding hydrogens is 496 g/mol. The van der Waals surface area contributed by atoms with Crippen molar-refractivity contribution < 1.29 is 29.2 Å². The highest BCUT2D eigenvalue weighted by Gasteiger charge is 2.41. The highest BCUT2D eigenvalue weighted by molar-refractivity contribution is 6.32. The lowest BCUT2D eigenvalue weighted by Gasteiger charge is -2.43. The molecule has 1 atom stereocenters. The lowest BCUT2D eigenvalue weighted by atomic mass is 9.95. The minimum Gasteiger partial charge on any atom is -0.504 e. The lowest BCUT2D eigenvalue weighted by molar-refractivity contribution is -0.158. The number of nitrogens with zero attached hydrogens (tertiary/aromatic N) is 2. The van der Waals surface area contributed by atoms with Gasteiger partial charge in [-0.25, -0.2) is 0 Å². The molecule has 0 aliphatic carbocycles. The molecule has 1 unspecified atom stereocenters. The van der Waals surface area contributed by atoms with E-state index in [4.69, 9.17) is 25.8 Å². The van der Waals surface area contributed by atoms with Crippen LogP contribution in [0.1, 0.15) is 36.0 Å². The average Bonchev–Trinajstić information content (AvgIpc) is 2.87. The Morgan fingerprint density at radius 2 is 1.86 bits per heavy atom. The van der Waals surface area contributed by atoms with Crippen molar-refractivity contribution in [2.45, 2.75) is 51.4 Å². The SMILES string of the molecule is COc1ccc(CN2CCOC(COc3cc(C)c(Cl)c(C)c3)(CC(=O)N3CCC(O)CC3)C2)cc1O. The van der Waals surface area contributed by atoms with Gasteiger partial charge in [0.1, 0.15) is 18.0 Å². The Hall–Kier alpha value is -2.52. The molecule has 2 saturated heterocycles. The van der Waals surface area contributed by atoms with Gasteiger partial charge in [0.2, 0.25) is 5.91 Å². The standard InChI is InChI=1S/C28H37ClN2O6/c1-19-12-23(13-20(2)27(19)29)36-18-28(15-26(34)31-8-6-22(32)7-9-31)17-30(10-11-37-28)16-21-4-5-25(35-3)24(33)14-21/h4-5,12-14,22,32-33H,6-11,15-18H2,1-3H3. The van der Waals surface area contributed by atoms with Crippen molar-refractivity contribution in [3.63, 3.8) is 0 Å². The molecule has 0 bridgehead atoms. The smallest absolute Gasteiger partial charge is 0.225 e. The zero-order valence-corrected chi connectivity index (χ0v) is 22.6. The number of likely N-dealkylation sites (tertiary alicyclic amines) is 1. The largest absolute Gasteiger partial charge is 0.504 e. The van der Waals surface area contributed by atoms with Crippen LogP contribution in [0.3, 0.4) is 0 Å². The van der Waals surface area contributed by atoms with Gasteiger partial charge in [-0.15, -0.1) is 0 Å². The predicted octanol–water partition coefficient (Wildman–Crippen LogP) is 3.69. The van der Waals surface area contributed by atoms with E-state index >= 15 is 0 Å². The van der Waals surface area contributed by atoms with Crippen LogP contribution in [0.25, 0.3) is 0 Å². The van der Waals surface area contributed by atoms with Crippen molar-refractivity contribution in [3.8, 4) is 17.2 Å². The zero-order chi connectivity index (χ0) is 26.6. The van der Waals surface area contributed by atoms with E-state index in [-0.39, 0.29) is 30.8 Å². The lowest BCUT2D eigenvalue weighted by Crippen LogP contribution is -2.57. The van der Waals surface area contributed by atoms with Crippen LogP contribution in [0.15, 0.2) is 30.3 Å². The van der Waals surface area contributed by atoms with Gasteiger partial charge in [0, 0.05) is 37.7 Å². The highest BCUT2D eigenvalue weighted by atomic mass is 35.5. The molecule has 0 aromatic heterocycles. The van der Waals surface area contributed by atoms with Gasteiger partial charge >= 0.3 is 0 Å². The molecule has 2 aliphatic rings. The minimum absolute atomic E-state index is 0.00269. The predicted molar refractivity (Wildman–Crippen MR) is 141 cm³/mol. The second-order valence-corrected chi connectivity index (χ2v) is 10.6. The quantitative estimate of drug-likeness (QED) is 0.535. The molecule has 2 aromatic rings. The monoisotopic (exact) mass is 532 g/mol. The van der Waals surface area contributed by atoms with Gasteiger partial charge < -0.3 is 29.3 Å². The Labute approximate surface area is 223 Å². The van der Waals surface area contributed by atoms with Gasteiger partial charge in [-0.3, -0.25) is 9.69 Å². The van der Waals surface area contributed by atoms with Gasteiger partial charge in [-0.2, -0.15) is 0 Å². The summed E-state index contributed by atoms with van der Waals surface area (Å²) in [5.74, 6) is 1.22. The third-order valence-corrected chi connectivity index (χ3v) is 7.78. The molecule has 2 aliphatic heterocycles. The van der Waals surface area contributed by atoms with Gasteiger partial charge in [-0.05, 0) is 67.6 Å². The van der Waals surface area contributed by atoms with E-state index in [9.17, 15) is 15.0 Å². The number of amides is 1. The molecule has 8 nitrogen and oxygen atoms in total. The molecule has 0 saturated carbocycles. The Balaban J connectivity index is 1.52. The number of aliphatic hydroxyl groups excluding tert-OH is 1. The first kappa shape index (κ1) is 27.5. The van der Waals surface area contributed by atoms with Crippen molar-refractivity contribution in [3.05, 3.63) is 52.0 Å². The van der Waals surface area contributed by atoms with Crippen molar-refractivity contribution >= 4 is 17.5 Å². The Morgan fingerprint density at radius 3 is 2.51 bits per heavy atom. The fourth-order valence-corrected chi connectivity index (χ4v) is 5.21. The summed E-state index contributed by atoms with van der Waals surface area (Å²) in [4.78, 5) is 17.4. The number of benzene rings is 2. The Morgan fingerprint density at radius 1 is 1.16 bits per heavy atom. The van der Waals surface area contributed by atoms with E-state index in [2.05, 4.69) is 4.90 Å². The summed E-state index contributed by atoms with van der Waals surface area (Å²) in [6, 6.07) is 9.18. The van der Waals surface area contributed by atoms with Crippen LogP contribution < -0.4 is 9.47 Å². The van der Waals surface area contributed by atoms with Crippen LogP contribution >= 0.6 is 11.6 Å². The summed E-state index contributed by atoms with van der Waals surface area (Å²) in [7, 11) is 1.52. The van der Waals surface area contributed by atoms with Gasteiger partial charge in [0.25, 0.3) is 0 Å². The number of phenolic OH excluding ortho intramolecular Hbond substituents is 1. The van der Waals surface area contributed by atoms with Crippen LogP contribution in [0, 0.1) is 13.8 Å². The number of morpholine rings is 1. The molecular formula is C28H37ClN2O6. The van der Waals surface area contributed by atoms with E-state index in [0.29, 0.717) is 68.7 Å². The molecule has 0 radical (unpaired) electrons. The maximum atomic E-state index is 13.3. The average molecular weight is 533 g/mol. The number of aliphatic hydroxyl groups is 1. The number of hydrogen-bond acceptors (Lipinski definition) is 7. The summed E-state index contributed by atoms with van der Waals surface area (Å²) in [5, 5.41) is 20.8. The number of carbonyl (C=O) groups excluding carboxylic acids is 1. The van der Waals surface area contributed by atoms with Crippen molar-refractivity contribution in [2.24, 2.45) is 0 Å². The molecule has 202 valence electrons. The fraction of sp³-hybridized carbons (Fsp3) is 0.536. The summed E-state index contributed by atoms with van der Waals surface area (Å²) >= 11 is 6.34. The van der Waals surface area contributed by atoms with Crippen LogP contribution in [0.4, 0.5) is 0 Å². The summed E-state index contributed by atoms with van der Waals surface area (Å²) in [6.07, 6.45) is 1.01. The topological polar surface area (TPSA) is 91.7 Å². The van der Waals surface area contributed by atoms with Crippen LogP contribution in [-0.2, 0) is 16.1 Å². The number of methoxy groups -OCH3 is 1. The van der Waals surface area contributed by atoms with E-state index in [1.54, 1.807) is 12.1 Å². The van der Waals surface area contributed by atoms with Gasteiger partial charge in [0.05, 0.1) is 26.2 Å². The first-order valence-corrected chi connectivity index (χ1v) is 13.1. The molecule has 2 N–H and O–H groups in total. The molecule has 2 heterocycles. The van der Waals surface area contributed by atoms with Gasteiger partial charge in [0.15, 0.2) is 11.5 Å². The minimum atomic E-state index is -0.846. The number of halogens is 1. The third kappa shape index (κ3) is 6.87. The second kappa shape index (κ2) is 11.9. The van der Waals surface area contributed by atoms with E-state index in [1.165, 1.54) is 7.11 Å².